The Morgan fingerprint density at radius 3 is 2.71 bits per heavy atom. The number of nitrogens with zero attached hydrogens (tertiary/aromatic N) is 2. The number of nitriles is 1. The van der Waals surface area contributed by atoms with E-state index in [-0.39, 0.29) is 0 Å². The minimum absolute atomic E-state index is 0.752. The fourth-order valence-electron chi connectivity index (χ4n) is 1.81. The van der Waals surface area contributed by atoms with Gasteiger partial charge in [-0.05, 0) is 31.5 Å². The van der Waals surface area contributed by atoms with Gasteiger partial charge in [0.1, 0.15) is 0 Å². The lowest BCUT2D eigenvalue weighted by Gasteiger charge is -2.24. The van der Waals surface area contributed by atoms with Crippen LogP contribution in [0.4, 0.5) is 0 Å². The molecule has 1 aromatic heterocycles. The third kappa shape index (κ3) is 2.00. The fourth-order valence-corrected chi connectivity index (χ4v) is 1.81. The fraction of sp³-hybridized carbons (Fsp3) is 0.286. The van der Waals surface area contributed by atoms with Gasteiger partial charge in [-0.2, -0.15) is 5.26 Å². The number of aliphatic hydroxyl groups excluding tert-OH is 1. The second-order valence-corrected chi connectivity index (χ2v) is 4.65. The molecule has 3 heteroatoms. The van der Waals surface area contributed by atoms with Gasteiger partial charge in [-0.1, -0.05) is 18.2 Å². The predicted octanol–water partition coefficient (Wildman–Crippen LogP) is 2.82. The van der Waals surface area contributed by atoms with E-state index < -0.39 is 11.5 Å². The van der Waals surface area contributed by atoms with Gasteiger partial charge in [-0.3, -0.25) is 4.98 Å². The molecule has 2 aromatic rings. The molecule has 1 atom stereocenters. The highest BCUT2D eigenvalue weighted by molar-refractivity contribution is 5.82. The van der Waals surface area contributed by atoms with Gasteiger partial charge in [0.15, 0.2) is 0 Å². The Morgan fingerprint density at radius 1 is 1.29 bits per heavy atom. The molecular weight excluding hydrogens is 212 g/mol. The molecule has 0 aliphatic carbocycles. The molecule has 2 rings (SSSR count). The standard InChI is InChI=1S/C14H14N2O/c1-14(2,9-15)13(17)11-7-8-16-12-6-4-3-5-10(11)12/h3-8,13,17H,1-2H3. The second-order valence-electron chi connectivity index (χ2n) is 4.65. The van der Waals surface area contributed by atoms with Gasteiger partial charge in [0.25, 0.3) is 0 Å². The number of hydrogen-bond donors (Lipinski definition) is 1. The zero-order valence-electron chi connectivity index (χ0n) is 9.88. The van der Waals surface area contributed by atoms with E-state index in [1.54, 1.807) is 26.1 Å². The van der Waals surface area contributed by atoms with E-state index in [1.807, 2.05) is 24.3 Å². The third-order valence-corrected chi connectivity index (χ3v) is 2.95. The van der Waals surface area contributed by atoms with E-state index in [0.29, 0.717) is 0 Å². The Bertz CT molecular complexity index is 579. The van der Waals surface area contributed by atoms with Crippen LogP contribution in [0.5, 0.6) is 0 Å². The van der Waals surface area contributed by atoms with Crippen LogP contribution in [0, 0.1) is 16.7 Å². The largest absolute Gasteiger partial charge is 0.387 e. The van der Waals surface area contributed by atoms with Crippen LogP contribution in [0.2, 0.25) is 0 Å². The summed E-state index contributed by atoms with van der Waals surface area (Å²) in [7, 11) is 0. The first-order chi connectivity index (χ1) is 8.06. The van der Waals surface area contributed by atoms with Crippen molar-refractivity contribution in [3.63, 3.8) is 0 Å². The van der Waals surface area contributed by atoms with Gasteiger partial charge < -0.3 is 5.11 Å². The van der Waals surface area contributed by atoms with Crippen LogP contribution >= 0.6 is 0 Å². The van der Waals surface area contributed by atoms with Crippen molar-refractivity contribution in [2.24, 2.45) is 5.41 Å². The van der Waals surface area contributed by atoms with E-state index in [4.69, 9.17) is 5.26 Å². The molecule has 17 heavy (non-hydrogen) atoms. The highest BCUT2D eigenvalue weighted by atomic mass is 16.3. The lowest BCUT2D eigenvalue weighted by atomic mass is 9.83. The van der Waals surface area contributed by atoms with Crippen molar-refractivity contribution in [1.29, 1.82) is 5.26 Å². The highest BCUT2D eigenvalue weighted by Crippen LogP contribution is 2.35. The molecule has 0 spiro atoms. The van der Waals surface area contributed by atoms with Crippen molar-refractivity contribution >= 4 is 10.9 Å². The van der Waals surface area contributed by atoms with Crippen molar-refractivity contribution in [1.82, 2.24) is 4.98 Å². The Morgan fingerprint density at radius 2 is 2.00 bits per heavy atom. The first-order valence-electron chi connectivity index (χ1n) is 5.49. The molecule has 1 heterocycles. The van der Waals surface area contributed by atoms with Crippen LogP contribution < -0.4 is 0 Å². The van der Waals surface area contributed by atoms with Crippen LogP contribution in [-0.2, 0) is 0 Å². The maximum Gasteiger partial charge on any atom is 0.0977 e. The van der Waals surface area contributed by atoms with Crippen molar-refractivity contribution < 1.29 is 5.11 Å². The van der Waals surface area contributed by atoms with E-state index in [1.165, 1.54) is 0 Å². The summed E-state index contributed by atoms with van der Waals surface area (Å²) in [6, 6.07) is 11.5. The average Bonchev–Trinajstić information content (AvgIpc) is 2.37. The summed E-state index contributed by atoms with van der Waals surface area (Å²) in [6.45, 7) is 3.46. The molecule has 0 fully saturated rings. The maximum absolute atomic E-state index is 10.3. The van der Waals surface area contributed by atoms with Crippen LogP contribution in [0.25, 0.3) is 10.9 Å². The van der Waals surface area contributed by atoms with Crippen LogP contribution in [0.3, 0.4) is 0 Å². The van der Waals surface area contributed by atoms with Crippen LogP contribution in [0.15, 0.2) is 36.5 Å². The average molecular weight is 226 g/mol. The Hall–Kier alpha value is -1.92. The Balaban J connectivity index is 2.61. The lowest BCUT2D eigenvalue weighted by molar-refractivity contribution is 0.0881. The van der Waals surface area contributed by atoms with Gasteiger partial charge in [0.2, 0.25) is 0 Å². The van der Waals surface area contributed by atoms with Crippen LogP contribution in [-0.4, -0.2) is 10.1 Å². The van der Waals surface area contributed by atoms with Crippen LogP contribution in [0.1, 0.15) is 25.5 Å². The quantitative estimate of drug-likeness (QED) is 0.856. The van der Waals surface area contributed by atoms with Gasteiger partial charge in [-0.25, -0.2) is 0 Å². The number of para-hydroxylation sites is 1. The lowest BCUT2D eigenvalue weighted by Crippen LogP contribution is -2.20. The van der Waals surface area contributed by atoms with Crippen molar-refractivity contribution in [3.05, 3.63) is 42.1 Å². The van der Waals surface area contributed by atoms with E-state index >= 15 is 0 Å². The summed E-state index contributed by atoms with van der Waals surface area (Å²) in [5.74, 6) is 0. The molecule has 0 saturated carbocycles. The van der Waals surface area contributed by atoms with E-state index in [9.17, 15) is 5.11 Å². The van der Waals surface area contributed by atoms with Gasteiger partial charge in [-0.15, -0.1) is 0 Å². The van der Waals surface area contributed by atoms with Crippen molar-refractivity contribution in [3.8, 4) is 6.07 Å². The summed E-state index contributed by atoms with van der Waals surface area (Å²) in [6.07, 6.45) is 0.842. The zero-order valence-corrected chi connectivity index (χ0v) is 9.88. The molecular formula is C14H14N2O. The summed E-state index contributed by atoms with van der Waals surface area (Å²) in [4.78, 5) is 4.24. The Labute approximate surface area is 100 Å². The highest BCUT2D eigenvalue weighted by Gasteiger charge is 2.30. The smallest absolute Gasteiger partial charge is 0.0977 e. The minimum Gasteiger partial charge on any atom is -0.387 e. The second kappa shape index (κ2) is 4.15. The topological polar surface area (TPSA) is 56.9 Å². The molecule has 86 valence electrons. The predicted molar refractivity (Wildman–Crippen MR) is 66.1 cm³/mol. The van der Waals surface area contributed by atoms with Gasteiger partial charge >= 0.3 is 0 Å². The molecule has 1 N–H and O–H groups in total. The minimum atomic E-state index is -0.819. The molecule has 1 aromatic carbocycles. The molecule has 0 aliphatic rings. The molecule has 0 amide bonds. The normalized spacial score (nSPS) is 13.3. The number of aromatic nitrogens is 1. The summed E-state index contributed by atoms with van der Waals surface area (Å²) < 4.78 is 0. The molecule has 0 bridgehead atoms. The van der Waals surface area contributed by atoms with Gasteiger partial charge in [0.05, 0.1) is 23.1 Å². The van der Waals surface area contributed by atoms with Crippen molar-refractivity contribution in [2.75, 3.05) is 0 Å². The molecule has 1 unspecified atom stereocenters. The van der Waals surface area contributed by atoms with E-state index in [2.05, 4.69) is 11.1 Å². The monoisotopic (exact) mass is 226 g/mol. The molecule has 3 nitrogen and oxygen atoms in total. The van der Waals surface area contributed by atoms with Crippen molar-refractivity contribution in [2.45, 2.75) is 20.0 Å². The number of pyridine rings is 1. The molecule has 0 aliphatic heterocycles. The molecule has 0 radical (unpaired) electrons. The first kappa shape index (κ1) is 11.6. The maximum atomic E-state index is 10.3. The summed E-state index contributed by atoms with van der Waals surface area (Å²) >= 11 is 0. The molecule has 0 saturated heterocycles. The first-order valence-corrected chi connectivity index (χ1v) is 5.49. The number of fused-ring (bicyclic) bond motifs is 1. The third-order valence-electron chi connectivity index (χ3n) is 2.95. The SMILES string of the molecule is CC(C)(C#N)C(O)c1ccnc2ccccc12. The zero-order chi connectivity index (χ0) is 12.5. The number of benzene rings is 1. The Kier molecular flexibility index (Phi) is 2.83. The van der Waals surface area contributed by atoms with Gasteiger partial charge in [0, 0.05) is 11.6 Å². The van der Waals surface area contributed by atoms with E-state index in [0.717, 1.165) is 16.5 Å². The number of rotatable bonds is 2. The summed E-state index contributed by atoms with van der Waals surface area (Å²) in [5.41, 5.74) is 0.768. The summed E-state index contributed by atoms with van der Waals surface area (Å²) in [5, 5.41) is 20.3. The number of aliphatic hydroxyl groups is 1. The number of hydrogen-bond acceptors (Lipinski definition) is 3.